The van der Waals surface area contributed by atoms with Gasteiger partial charge in [-0.05, 0) is 35.9 Å². The SMILES string of the molecule is CCC(CSc1nnnn1-c1c(C)n(C)n(-c2ccccc2)c1=O)OC. The van der Waals surface area contributed by atoms with E-state index in [9.17, 15) is 4.79 Å². The van der Waals surface area contributed by atoms with Crippen LogP contribution in [-0.2, 0) is 11.8 Å². The lowest BCUT2D eigenvalue weighted by atomic mass is 10.3. The Labute approximate surface area is 155 Å². The van der Waals surface area contributed by atoms with Crippen LogP contribution in [0.4, 0.5) is 0 Å². The molecule has 2 aromatic heterocycles. The van der Waals surface area contributed by atoms with Gasteiger partial charge in [0, 0.05) is 19.9 Å². The standard InChI is InChI=1S/C17H22N6O2S/c1-5-14(25-4)11-26-17-18-19-20-22(17)15-12(2)21(3)23(16(15)24)13-9-7-6-8-10-13/h6-10,14H,5,11H2,1-4H3. The number of hydrogen-bond acceptors (Lipinski definition) is 6. The molecule has 0 radical (unpaired) electrons. The molecule has 0 amide bonds. The van der Waals surface area contributed by atoms with Crippen molar-refractivity contribution in [3.8, 4) is 11.4 Å². The first-order chi connectivity index (χ1) is 12.6. The zero-order chi connectivity index (χ0) is 18.7. The zero-order valence-electron chi connectivity index (χ0n) is 15.3. The van der Waals surface area contributed by atoms with Crippen molar-refractivity contribution in [3.63, 3.8) is 0 Å². The second-order valence-electron chi connectivity index (χ2n) is 5.86. The number of methoxy groups -OCH3 is 1. The van der Waals surface area contributed by atoms with Gasteiger partial charge in [0.1, 0.15) is 0 Å². The fraction of sp³-hybridized carbons (Fsp3) is 0.412. The molecule has 138 valence electrons. The van der Waals surface area contributed by atoms with E-state index in [0.717, 1.165) is 17.8 Å². The van der Waals surface area contributed by atoms with E-state index in [-0.39, 0.29) is 11.7 Å². The molecule has 1 atom stereocenters. The summed E-state index contributed by atoms with van der Waals surface area (Å²) in [6, 6.07) is 9.51. The summed E-state index contributed by atoms with van der Waals surface area (Å²) < 4.78 is 10.3. The summed E-state index contributed by atoms with van der Waals surface area (Å²) in [7, 11) is 3.54. The lowest BCUT2D eigenvalue weighted by Gasteiger charge is -2.11. The van der Waals surface area contributed by atoms with Crippen molar-refractivity contribution in [1.29, 1.82) is 0 Å². The van der Waals surface area contributed by atoms with Crippen LogP contribution in [0.25, 0.3) is 11.4 Å². The first kappa shape index (κ1) is 18.4. The number of tetrazole rings is 1. The number of hydrogen-bond donors (Lipinski definition) is 0. The van der Waals surface area contributed by atoms with E-state index in [0.29, 0.717) is 16.6 Å². The molecule has 0 N–H and O–H groups in total. The summed E-state index contributed by atoms with van der Waals surface area (Å²) >= 11 is 1.48. The molecule has 1 aromatic carbocycles. The summed E-state index contributed by atoms with van der Waals surface area (Å²) in [5.74, 6) is 0.714. The summed E-state index contributed by atoms with van der Waals surface area (Å²) in [6.45, 7) is 3.95. The Bertz CT molecular complexity index is 927. The van der Waals surface area contributed by atoms with E-state index in [1.807, 2.05) is 49.0 Å². The molecule has 0 bridgehead atoms. The molecule has 0 aliphatic heterocycles. The van der Waals surface area contributed by atoms with E-state index in [1.165, 1.54) is 16.4 Å². The van der Waals surface area contributed by atoms with Crippen LogP contribution in [0.2, 0.25) is 0 Å². The third-order valence-corrected chi connectivity index (χ3v) is 5.41. The summed E-state index contributed by atoms with van der Waals surface area (Å²) in [5.41, 5.74) is 1.87. The van der Waals surface area contributed by atoms with Crippen molar-refractivity contribution in [1.82, 2.24) is 29.6 Å². The highest BCUT2D eigenvalue weighted by atomic mass is 32.2. The van der Waals surface area contributed by atoms with Crippen LogP contribution < -0.4 is 5.56 Å². The fourth-order valence-corrected chi connectivity index (χ4v) is 3.78. The van der Waals surface area contributed by atoms with Gasteiger partial charge in [-0.2, -0.15) is 4.68 Å². The molecule has 0 saturated heterocycles. The Morgan fingerprint density at radius 3 is 2.65 bits per heavy atom. The molecular weight excluding hydrogens is 352 g/mol. The Hall–Kier alpha value is -2.39. The predicted octanol–water partition coefficient (Wildman–Crippen LogP) is 1.98. The number of rotatable bonds is 7. The minimum atomic E-state index is -0.163. The molecule has 0 aliphatic carbocycles. The number of thioether (sulfide) groups is 1. The third-order valence-electron chi connectivity index (χ3n) is 4.36. The molecule has 0 spiro atoms. The largest absolute Gasteiger partial charge is 0.381 e. The van der Waals surface area contributed by atoms with Crippen LogP contribution in [0.1, 0.15) is 19.0 Å². The maximum absolute atomic E-state index is 13.1. The van der Waals surface area contributed by atoms with Crippen molar-refractivity contribution < 1.29 is 4.74 Å². The fourth-order valence-electron chi connectivity index (χ4n) is 2.73. The highest BCUT2D eigenvalue weighted by Crippen LogP contribution is 2.21. The summed E-state index contributed by atoms with van der Waals surface area (Å²) in [4.78, 5) is 13.1. The average Bonchev–Trinajstić information content (AvgIpc) is 3.19. The Morgan fingerprint density at radius 2 is 2.00 bits per heavy atom. The van der Waals surface area contributed by atoms with Gasteiger partial charge < -0.3 is 4.74 Å². The Kier molecular flexibility index (Phi) is 5.58. The molecule has 0 fully saturated rings. The van der Waals surface area contributed by atoms with Gasteiger partial charge in [0.2, 0.25) is 5.16 Å². The lowest BCUT2D eigenvalue weighted by molar-refractivity contribution is 0.119. The number of benzene rings is 1. The van der Waals surface area contributed by atoms with Crippen molar-refractivity contribution in [2.24, 2.45) is 7.05 Å². The highest BCUT2D eigenvalue weighted by molar-refractivity contribution is 7.99. The van der Waals surface area contributed by atoms with E-state index >= 15 is 0 Å². The molecule has 8 nitrogen and oxygen atoms in total. The van der Waals surface area contributed by atoms with Crippen LogP contribution in [0, 0.1) is 6.92 Å². The molecule has 0 aliphatic rings. The molecular formula is C17H22N6O2S. The Balaban J connectivity index is 2.02. The maximum atomic E-state index is 13.1. The van der Waals surface area contributed by atoms with E-state index in [1.54, 1.807) is 11.8 Å². The van der Waals surface area contributed by atoms with Gasteiger partial charge >= 0.3 is 0 Å². The van der Waals surface area contributed by atoms with Gasteiger partial charge in [-0.3, -0.25) is 9.48 Å². The van der Waals surface area contributed by atoms with E-state index < -0.39 is 0 Å². The van der Waals surface area contributed by atoms with Gasteiger partial charge in [-0.25, -0.2) is 4.68 Å². The highest BCUT2D eigenvalue weighted by Gasteiger charge is 2.22. The zero-order valence-corrected chi connectivity index (χ0v) is 16.1. The van der Waals surface area contributed by atoms with Crippen LogP contribution >= 0.6 is 11.8 Å². The molecule has 2 heterocycles. The number of aromatic nitrogens is 6. The van der Waals surface area contributed by atoms with Crippen LogP contribution in [0.5, 0.6) is 0 Å². The van der Waals surface area contributed by atoms with E-state index in [2.05, 4.69) is 22.4 Å². The monoisotopic (exact) mass is 374 g/mol. The molecule has 26 heavy (non-hydrogen) atoms. The Morgan fingerprint density at radius 1 is 1.27 bits per heavy atom. The minimum Gasteiger partial charge on any atom is -0.381 e. The summed E-state index contributed by atoms with van der Waals surface area (Å²) in [5, 5.41) is 12.5. The van der Waals surface area contributed by atoms with Crippen LogP contribution in [-0.4, -0.2) is 48.5 Å². The number of para-hydroxylation sites is 1. The maximum Gasteiger partial charge on any atom is 0.297 e. The van der Waals surface area contributed by atoms with Crippen molar-refractivity contribution in [2.75, 3.05) is 12.9 Å². The van der Waals surface area contributed by atoms with Crippen LogP contribution in [0.3, 0.4) is 0 Å². The number of nitrogens with zero attached hydrogens (tertiary/aromatic N) is 6. The van der Waals surface area contributed by atoms with E-state index in [4.69, 9.17) is 4.74 Å². The van der Waals surface area contributed by atoms with Gasteiger partial charge in [0.25, 0.3) is 5.56 Å². The van der Waals surface area contributed by atoms with Crippen LogP contribution in [0.15, 0.2) is 40.3 Å². The summed E-state index contributed by atoms with van der Waals surface area (Å²) in [6.07, 6.45) is 1.01. The quantitative estimate of drug-likeness (QED) is 0.588. The van der Waals surface area contributed by atoms with Crippen molar-refractivity contribution >= 4 is 11.8 Å². The van der Waals surface area contributed by atoms with Crippen molar-refractivity contribution in [2.45, 2.75) is 31.5 Å². The smallest absolute Gasteiger partial charge is 0.297 e. The van der Waals surface area contributed by atoms with Crippen molar-refractivity contribution in [3.05, 3.63) is 46.4 Å². The van der Waals surface area contributed by atoms with Gasteiger partial charge in [0.05, 0.1) is 17.5 Å². The molecule has 9 heteroatoms. The second kappa shape index (κ2) is 7.88. The first-order valence-corrected chi connectivity index (χ1v) is 9.35. The predicted molar refractivity (Wildman–Crippen MR) is 100 cm³/mol. The normalized spacial score (nSPS) is 12.5. The third kappa shape index (κ3) is 3.32. The molecule has 3 aromatic rings. The second-order valence-corrected chi connectivity index (χ2v) is 6.85. The first-order valence-electron chi connectivity index (χ1n) is 8.36. The minimum absolute atomic E-state index is 0.114. The van der Waals surface area contributed by atoms with Gasteiger partial charge in [-0.1, -0.05) is 36.9 Å². The van der Waals surface area contributed by atoms with Gasteiger partial charge in [-0.15, -0.1) is 5.10 Å². The van der Waals surface area contributed by atoms with Gasteiger partial charge in [0.15, 0.2) is 5.69 Å². The molecule has 0 saturated carbocycles. The topological polar surface area (TPSA) is 79.8 Å². The number of ether oxygens (including phenoxy) is 1. The molecule has 1 unspecified atom stereocenters. The lowest BCUT2D eigenvalue weighted by Crippen LogP contribution is -2.22. The molecule has 3 rings (SSSR count). The average molecular weight is 374 g/mol.